The molecule has 2 rings (SSSR count). The first-order chi connectivity index (χ1) is 9.20. The largest absolute Gasteiger partial charge is 0.310 e. The van der Waals surface area contributed by atoms with Crippen LogP contribution in [-0.2, 0) is 13.1 Å². The minimum atomic E-state index is -0.398. The number of benzene rings is 1. The van der Waals surface area contributed by atoms with Gasteiger partial charge in [-0.15, -0.1) is 0 Å². The molecule has 2 aromatic rings. The van der Waals surface area contributed by atoms with Crippen molar-refractivity contribution < 1.29 is 4.92 Å². The maximum absolute atomic E-state index is 10.7. The quantitative estimate of drug-likeness (QED) is 0.626. The van der Waals surface area contributed by atoms with E-state index in [1.807, 2.05) is 13.0 Å². The number of nitro groups is 1. The van der Waals surface area contributed by atoms with E-state index in [1.165, 1.54) is 12.4 Å². The Morgan fingerprint density at radius 1 is 1.47 bits per heavy atom. The van der Waals surface area contributed by atoms with Crippen molar-refractivity contribution in [2.75, 3.05) is 6.54 Å². The first-order valence-corrected chi connectivity index (χ1v) is 6.01. The minimum absolute atomic E-state index is 0.0887. The summed E-state index contributed by atoms with van der Waals surface area (Å²) in [6.07, 6.45) is 1.49. The summed E-state index contributed by atoms with van der Waals surface area (Å²) in [5, 5.41) is 18.0. The van der Waals surface area contributed by atoms with Crippen LogP contribution < -0.4 is 5.32 Å². The highest BCUT2D eigenvalue weighted by Crippen LogP contribution is 2.14. The van der Waals surface area contributed by atoms with E-state index in [9.17, 15) is 10.1 Å². The fourth-order valence-electron chi connectivity index (χ4n) is 1.74. The molecule has 1 heterocycles. The molecule has 1 N–H and O–H groups in total. The third kappa shape index (κ3) is 3.35. The minimum Gasteiger partial charge on any atom is -0.310 e. The van der Waals surface area contributed by atoms with Gasteiger partial charge in [0.05, 0.1) is 18.0 Å². The van der Waals surface area contributed by atoms with Gasteiger partial charge in [-0.1, -0.05) is 19.1 Å². The molecular weight excluding hydrogens is 246 g/mol. The molecule has 100 valence electrons. The van der Waals surface area contributed by atoms with Crippen LogP contribution in [0.1, 0.15) is 18.3 Å². The number of hydrogen-bond acceptors (Lipinski definition) is 5. The molecule has 0 aliphatic carbocycles. The maximum Gasteiger partial charge on any atom is 0.269 e. The molecule has 1 aromatic heterocycles. The lowest BCUT2D eigenvalue weighted by molar-refractivity contribution is -0.384. The summed E-state index contributed by atoms with van der Waals surface area (Å²) in [6.45, 7) is 3.97. The molecular formula is C12H15N5O2. The normalized spacial score (nSPS) is 10.6. The Morgan fingerprint density at radius 3 is 3.05 bits per heavy atom. The van der Waals surface area contributed by atoms with Crippen LogP contribution in [0.15, 0.2) is 30.6 Å². The zero-order chi connectivity index (χ0) is 13.7. The highest BCUT2D eigenvalue weighted by atomic mass is 16.6. The van der Waals surface area contributed by atoms with Gasteiger partial charge in [-0.25, -0.2) is 9.67 Å². The van der Waals surface area contributed by atoms with Crippen LogP contribution >= 0.6 is 0 Å². The van der Waals surface area contributed by atoms with Crippen molar-refractivity contribution in [2.24, 2.45) is 0 Å². The number of nitro benzene ring substituents is 1. The van der Waals surface area contributed by atoms with Crippen molar-refractivity contribution >= 4 is 5.69 Å². The van der Waals surface area contributed by atoms with Crippen LogP contribution in [0.2, 0.25) is 0 Å². The van der Waals surface area contributed by atoms with Crippen LogP contribution in [-0.4, -0.2) is 26.2 Å². The fourth-order valence-corrected chi connectivity index (χ4v) is 1.74. The van der Waals surface area contributed by atoms with Gasteiger partial charge in [0.15, 0.2) is 0 Å². The van der Waals surface area contributed by atoms with Gasteiger partial charge < -0.3 is 5.32 Å². The second-order valence-electron chi connectivity index (χ2n) is 4.04. The molecule has 0 saturated carbocycles. The standard InChI is InChI=1S/C12H15N5O2/c1-2-13-7-12-14-9-15-16(12)8-10-4-3-5-11(6-10)17(18)19/h3-6,9,13H,2,7-8H2,1H3. The topological polar surface area (TPSA) is 85.9 Å². The Bertz CT molecular complexity index is 567. The lowest BCUT2D eigenvalue weighted by atomic mass is 10.2. The number of non-ortho nitro benzene ring substituents is 1. The van der Waals surface area contributed by atoms with Gasteiger partial charge in [0.25, 0.3) is 5.69 Å². The van der Waals surface area contributed by atoms with E-state index in [0.29, 0.717) is 13.1 Å². The van der Waals surface area contributed by atoms with E-state index in [4.69, 9.17) is 0 Å². The molecule has 0 fully saturated rings. The molecule has 0 radical (unpaired) electrons. The SMILES string of the molecule is CCNCc1ncnn1Cc1cccc([N+](=O)[O-])c1. The lowest BCUT2D eigenvalue weighted by Crippen LogP contribution is -2.17. The summed E-state index contributed by atoms with van der Waals surface area (Å²) >= 11 is 0. The number of nitrogens with one attached hydrogen (secondary N) is 1. The van der Waals surface area contributed by atoms with Crippen LogP contribution in [0, 0.1) is 10.1 Å². The van der Waals surface area contributed by atoms with Crippen molar-refractivity contribution in [1.29, 1.82) is 0 Å². The second-order valence-corrected chi connectivity index (χ2v) is 4.04. The highest BCUT2D eigenvalue weighted by molar-refractivity contribution is 5.34. The Labute approximate surface area is 110 Å². The van der Waals surface area contributed by atoms with Crippen molar-refractivity contribution in [1.82, 2.24) is 20.1 Å². The zero-order valence-corrected chi connectivity index (χ0v) is 10.6. The first-order valence-electron chi connectivity index (χ1n) is 6.01. The van der Waals surface area contributed by atoms with E-state index < -0.39 is 4.92 Å². The van der Waals surface area contributed by atoms with E-state index in [0.717, 1.165) is 17.9 Å². The van der Waals surface area contributed by atoms with E-state index in [-0.39, 0.29) is 5.69 Å². The average molecular weight is 261 g/mol. The summed E-state index contributed by atoms with van der Waals surface area (Å²) in [5.74, 6) is 0.813. The average Bonchev–Trinajstić information content (AvgIpc) is 2.84. The van der Waals surface area contributed by atoms with Gasteiger partial charge in [0.1, 0.15) is 12.2 Å². The summed E-state index contributed by atoms with van der Waals surface area (Å²) in [6, 6.07) is 6.54. The Hall–Kier alpha value is -2.28. The zero-order valence-electron chi connectivity index (χ0n) is 10.6. The molecule has 0 amide bonds. The van der Waals surface area contributed by atoms with Crippen molar-refractivity contribution in [2.45, 2.75) is 20.0 Å². The smallest absolute Gasteiger partial charge is 0.269 e. The van der Waals surface area contributed by atoms with Crippen LogP contribution in [0.4, 0.5) is 5.69 Å². The molecule has 0 saturated heterocycles. The Morgan fingerprint density at radius 2 is 2.32 bits per heavy atom. The Balaban J connectivity index is 2.14. The van der Waals surface area contributed by atoms with Crippen molar-refractivity contribution in [3.8, 4) is 0 Å². The Kier molecular flexibility index (Phi) is 4.19. The van der Waals surface area contributed by atoms with Crippen LogP contribution in [0.25, 0.3) is 0 Å². The molecule has 19 heavy (non-hydrogen) atoms. The molecule has 7 heteroatoms. The van der Waals surface area contributed by atoms with Gasteiger partial charge in [-0.2, -0.15) is 5.10 Å². The molecule has 0 unspecified atom stereocenters. The van der Waals surface area contributed by atoms with Crippen molar-refractivity contribution in [3.05, 3.63) is 52.1 Å². The number of aromatic nitrogens is 3. The highest BCUT2D eigenvalue weighted by Gasteiger charge is 2.08. The van der Waals surface area contributed by atoms with Gasteiger partial charge in [0, 0.05) is 12.1 Å². The molecule has 1 aromatic carbocycles. The van der Waals surface area contributed by atoms with E-state index >= 15 is 0 Å². The molecule has 0 atom stereocenters. The molecule has 0 spiro atoms. The molecule has 0 aliphatic rings. The maximum atomic E-state index is 10.7. The van der Waals surface area contributed by atoms with E-state index in [2.05, 4.69) is 15.4 Å². The second kappa shape index (κ2) is 6.05. The predicted octanol–water partition coefficient (Wildman–Crippen LogP) is 1.34. The summed E-state index contributed by atoms with van der Waals surface area (Å²) in [4.78, 5) is 14.5. The molecule has 7 nitrogen and oxygen atoms in total. The summed E-state index contributed by atoms with van der Waals surface area (Å²) in [7, 11) is 0. The first kappa shape index (κ1) is 13.2. The third-order valence-electron chi connectivity index (χ3n) is 2.68. The number of hydrogen-bond donors (Lipinski definition) is 1. The number of rotatable bonds is 6. The third-order valence-corrected chi connectivity index (χ3v) is 2.68. The van der Waals surface area contributed by atoms with Crippen LogP contribution in [0.5, 0.6) is 0 Å². The van der Waals surface area contributed by atoms with E-state index in [1.54, 1.807) is 16.8 Å². The van der Waals surface area contributed by atoms with Gasteiger partial charge in [-0.05, 0) is 12.1 Å². The van der Waals surface area contributed by atoms with Crippen molar-refractivity contribution in [3.63, 3.8) is 0 Å². The molecule has 0 bridgehead atoms. The lowest BCUT2D eigenvalue weighted by Gasteiger charge is -2.06. The number of nitrogens with zero attached hydrogens (tertiary/aromatic N) is 4. The summed E-state index contributed by atoms with van der Waals surface area (Å²) < 4.78 is 1.74. The predicted molar refractivity (Wildman–Crippen MR) is 69.6 cm³/mol. The monoisotopic (exact) mass is 261 g/mol. The van der Waals surface area contributed by atoms with Gasteiger partial charge >= 0.3 is 0 Å². The van der Waals surface area contributed by atoms with Gasteiger partial charge in [0.2, 0.25) is 0 Å². The summed E-state index contributed by atoms with van der Waals surface area (Å²) in [5.41, 5.74) is 0.920. The van der Waals surface area contributed by atoms with Gasteiger partial charge in [-0.3, -0.25) is 10.1 Å². The molecule has 0 aliphatic heterocycles. The fraction of sp³-hybridized carbons (Fsp3) is 0.333. The van der Waals surface area contributed by atoms with Crippen LogP contribution in [0.3, 0.4) is 0 Å².